The van der Waals surface area contributed by atoms with E-state index in [0.717, 1.165) is 22.6 Å². The second-order valence-corrected chi connectivity index (χ2v) is 5.55. The lowest BCUT2D eigenvalue weighted by molar-refractivity contribution is 0.435. The first-order chi connectivity index (χ1) is 9.76. The molecular weight excluding hydrogens is 266 g/mol. The zero-order valence-electron chi connectivity index (χ0n) is 11.5. The number of hydrogen-bond acceptors (Lipinski definition) is 3. The molecule has 0 saturated carbocycles. The zero-order chi connectivity index (χ0) is 13.9. The minimum atomic E-state index is 0.800. The molecule has 3 aromatic rings. The largest absolute Gasteiger partial charge is 0.356 e. The van der Waals surface area contributed by atoms with Crippen molar-refractivity contribution in [3.63, 3.8) is 0 Å². The SMILES string of the molecule is CSc1ccc(-c2cc(-c3ccc(C)cc3)on2)cc1. The van der Waals surface area contributed by atoms with E-state index in [1.54, 1.807) is 11.8 Å². The summed E-state index contributed by atoms with van der Waals surface area (Å²) in [6, 6.07) is 18.6. The van der Waals surface area contributed by atoms with Gasteiger partial charge in [0.15, 0.2) is 5.76 Å². The van der Waals surface area contributed by atoms with Gasteiger partial charge in [-0.2, -0.15) is 0 Å². The average molecular weight is 281 g/mol. The highest BCUT2D eigenvalue weighted by Gasteiger charge is 2.08. The summed E-state index contributed by atoms with van der Waals surface area (Å²) < 4.78 is 5.45. The lowest BCUT2D eigenvalue weighted by Crippen LogP contribution is -1.77. The third-order valence-corrected chi connectivity index (χ3v) is 3.98. The van der Waals surface area contributed by atoms with E-state index in [0.29, 0.717) is 0 Å². The molecule has 100 valence electrons. The third kappa shape index (κ3) is 2.63. The van der Waals surface area contributed by atoms with Crippen LogP contribution in [0.5, 0.6) is 0 Å². The van der Waals surface area contributed by atoms with Crippen molar-refractivity contribution >= 4 is 11.8 Å². The van der Waals surface area contributed by atoms with Crippen molar-refractivity contribution in [1.82, 2.24) is 5.16 Å². The molecule has 0 atom stereocenters. The summed E-state index contributed by atoms with van der Waals surface area (Å²) in [5.74, 6) is 0.800. The smallest absolute Gasteiger partial charge is 0.167 e. The van der Waals surface area contributed by atoms with E-state index in [2.05, 4.69) is 66.9 Å². The van der Waals surface area contributed by atoms with E-state index in [9.17, 15) is 0 Å². The van der Waals surface area contributed by atoms with Crippen molar-refractivity contribution in [2.75, 3.05) is 6.26 Å². The number of rotatable bonds is 3. The lowest BCUT2D eigenvalue weighted by atomic mass is 10.1. The standard InChI is InChI=1S/C17H15NOS/c1-12-3-5-14(6-4-12)17-11-16(18-19-17)13-7-9-15(20-2)10-8-13/h3-11H,1-2H3. The fourth-order valence-electron chi connectivity index (χ4n) is 2.03. The van der Waals surface area contributed by atoms with Crippen LogP contribution in [-0.4, -0.2) is 11.4 Å². The summed E-state index contributed by atoms with van der Waals surface area (Å²) in [5, 5.41) is 4.16. The summed E-state index contributed by atoms with van der Waals surface area (Å²) in [6.45, 7) is 2.07. The number of nitrogens with zero attached hydrogens (tertiary/aromatic N) is 1. The highest BCUT2D eigenvalue weighted by atomic mass is 32.2. The van der Waals surface area contributed by atoms with E-state index >= 15 is 0 Å². The molecule has 0 radical (unpaired) electrons. The molecule has 0 bridgehead atoms. The Morgan fingerprint density at radius 3 is 2.20 bits per heavy atom. The predicted octanol–water partition coefficient (Wildman–Crippen LogP) is 5.04. The number of thioether (sulfide) groups is 1. The normalized spacial score (nSPS) is 10.7. The molecule has 1 aromatic heterocycles. The van der Waals surface area contributed by atoms with Gasteiger partial charge in [-0.15, -0.1) is 11.8 Å². The second kappa shape index (κ2) is 5.55. The number of hydrogen-bond donors (Lipinski definition) is 0. The Kier molecular flexibility index (Phi) is 3.61. The Hall–Kier alpha value is -2.00. The van der Waals surface area contributed by atoms with E-state index in [-0.39, 0.29) is 0 Å². The van der Waals surface area contributed by atoms with Crippen molar-refractivity contribution in [1.29, 1.82) is 0 Å². The van der Waals surface area contributed by atoms with Crippen molar-refractivity contribution in [2.45, 2.75) is 11.8 Å². The average Bonchev–Trinajstić information content (AvgIpc) is 2.98. The van der Waals surface area contributed by atoms with Crippen LogP contribution in [0.2, 0.25) is 0 Å². The molecule has 1 heterocycles. The number of benzene rings is 2. The Balaban J connectivity index is 1.91. The quantitative estimate of drug-likeness (QED) is 0.629. The molecule has 20 heavy (non-hydrogen) atoms. The first-order valence-electron chi connectivity index (χ1n) is 6.44. The van der Waals surface area contributed by atoms with E-state index in [4.69, 9.17) is 4.52 Å². The molecule has 0 spiro atoms. The van der Waals surface area contributed by atoms with Crippen LogP contribution >= 0.6 is 11.8 Å². The van der Waals surface area contributed by atoms with Gasteiger partial charge in [-0.3, -0.25) is 0 Å². The van der Waals surface area contributed by atoms with Gasteiger partial charge in [0.2, 0.25) is 0 Å². The van der Waals surface area contributed by atoms with Gasteiger partial charge in [-0.05, 0) is 25.3 Å². The maximum atomic E-state index is 5.45. The molecule has 3 rings (SSSR count). The van der Waals surface area contributed by atoms with Gasteiger partial charge >= 0.3 is 0 Å². The summed E-state index contributed by atoms with van der Waals surface area (Å²) in [7, 11) is 0. The van der Waals surface area contributed by atoms with E-state index < -0.39 is 0 Å². The van der Waals surface area contributed by atoms with Gasteiger partial charge in [0, 0.05) is 22.1 Å². The summed E-state index contributed by atoms with van der Waals surface area (Å²) in [6.07, 6.45) is 2.07. The third-order valence-electron chi connectivity index (χ3n) is 3.23. The van der Waals surface area contributed by atoms with Crippen LogP contribution in [0.1, 0.15) is 5.56 Å². The molecule has 0 aliphatic carbocycles. The Labute approximate surface area is 122 Å². The maximum absolute atomic E-state index is 5.45. The fourth-order valence-corrected chi connectivity index (χ4v) is 2.44. The molecule has 0 aliphatic heterocycles. The van der Waals surface area contributed by atoms with Gasteiger partial charge in [0.25, 0.3) is 0 Å². The molecule has 3 heteroatoms. The molecule has 0 unspecified atom stereocenters. The highest BCUT2D eigenvalue weighted by Crippen LogP contribution is 2.27. The first kappa shape index (κ1) is 13.0. The van der Waals surface area contributed by atoms with Crippen LogP contribution in [0, 0.1) is 6.92 Å². The second-order valence-electron chi connectivity index (χ2n) is 4.67. The van der Waals surface area contributed by atoms with Gasteiger partial charge in [-0.1, -0.05) is 47.1 Å². The van der Waals surface area contributed by atoms with Crippen LogP contribution in [0.25, 0.3) is 22.6 Å². The summed E-state index contributed by atoms with van der Waals surface area (Å²) in [4.78, 5) is 1.25. The number of aryl methyl sites for hydroxylation is 1. The predicted molar refractivity (Wildman–Crippen MR) is 83.9 cm³/mol. The van der Waals surface area contributed by atoms with Gasteiger partial charge < -0.3 is 4.52 Å². The van der Waals surface area contributed by atoms with Crippen molar-refractivity contribution in [3.8, 4) is 22.6 Å². The van der Waals surface area contributed by atoms with E-state index in [1.165, 1.54) is 10.5 Å². The number of aromatic nitrogens is 1. The highest BCUT2D eigenvalue weighted by molar-refractivity contribution is 7.98. The van der Waals surface area contributed by atoms with E-state index in [1.807, 2.05) is 6.07 Å². The van der Waals surface area contributed by atoms with Crippen molar-refractivity contribution in [3.05, 3.63) is 60.2 Å². The Morgan fingerprint density at radius 2 is 1.55 bits per heavy atom. The molecular formula is C17H15NOS. The van der Waals surface area contributed by atoms with Crippen LogP contribution in [0.15, 0.2) is 64.0 Å². The maximum Gasteiger partial charge on any atom is 0.167 e. The topological polar surface area (TPSA) is 26.0 Å². The van der Waals surface area contributed by atoms with Gasteiger partial charge in [-0.25, -0.2) is 0 Å². The van der Waals surface area contributed by atoms with Gasteiger partial charge in [0.05, 0.1) is 0 Å². The Bertz CT molecular complexity index is 699. The minimum Gasteiger partial charge on any atom is -0.356 e. The molecule has 0 aliphatic rings. The van der Waals surface area contributed by atoms with Crippen molar-refractivity contribution in [2.24, 2.45) is 0 Å². The van der Waals surface area contributed by atoms with Crippen LogP contribution < -0.4 is 0 Å². The molecule has 2 aromatic carbocycles. The van der Waals surface area contributed by atoms with Gasteiger partial charge in [0.1, 0.15) is 5.69 Å². The summed E-state index contributed by atoms with van der Waals surface area (Å²) in [5.41, 5.74) is 4.23. The molecule has 2 nitrogen and oxygen atoms in total. The molecule has 0 saturated heterocycles. The monoisotopic (exact) mass is 281 g/mol. The van der Waals surface area contributed by atoms with Crippen LogP contribution in [0.4, 0.5) is 0 Å². The molecule has 0 N–H and O–H groups in total. The minimum absolute atomic E-state index is 0.800. The summed E-state index contributed by atoms with van der Waals surface area (Å²) >= 11 is 1.73. The van der Waals surface area contributed by atoms with Crippen molar-refractivity contribution < 1.29 is 4.52 Å². The zero-order valence-corrected chi connectivity index (χ0v) is 12.3. The first-order valence-corrected chi connectivity index (χ1v) is 7.67. The van der Waals surface area contributed by atoms with Crippen LogP contribution in [0.3, 0.4) is 0 Å². The lowest BCUT2D eigenvalue weighted by Gasteiger charge is -1.97. The molecule has 0 amide bonds. The fraction of sp³-hybridized carbons (Fsp3) is 0.118. The Morgan fingerprint density at radius 1 is 0.900 bits per heavy atom. The molecule has 0 fully saturated rings. The van der Waals surface area contributed by atoms with Crippen LogP contribution in [-0.2, 0) is 0 Å².